The number of rotatable bonds is 3. The molecule has 0 atom stereocenters. The van der Waals surface area contributed by atoms with Gasteiger partial charge in [-0.1, -0.05) is 18.2 Å². The van der Waals surface area contributed by atoms with Gasteiger partial charge in [0.2, 0.25) is 5.88 Å². The molecule has 0 saturated carbocycles. The molecule has 0 radical (unpaired) electrons. The summed E-state index contributed by atoms with van der Waals surface area (Å²) < 4.78 is 5.34. The fourth-order valence-electron chi connectivity index (χ4n) is 1.91. The Morgan fingerprint density at radius 2 is 2.11 bits per heavy atom. The van der Waals surface area contributed by atoms with Gasteiger partial charge in [0.1, 0.15) is 5.01 Å². The van der Waals surface area contributed by atoms with Gasteiger partial charge >= 0.3 is 0 Å². The number of para-hydroxylation sites is 1. The lowest BCUT2D eigenvalue weighted by Crippen LogP contribution is -1.93. The number of aromatic nitrogens is 2. The van der Waals surface area contributed by atoms with E-state index in [4.69, 9.17) is 9.84 Å². The van der Waals surface area contributed by atoms with Crippen LogP contribution >= 0.6 is 11.3 Å². The molecule has 0 aliphatic heterocycles. The molecule has 0 aliphatic rings. The Balaban J connectivity index is 2.20. The van der Waals surface area contributed by atoms with Crippen LogP contribution in [0.15, 0.2) is 35.7 Å². The summed E-state index contributed by atoms with van der Waals surface area (Å²) in [6.07, 6.45) is 0. The van der Waals surface area contributed by atoms with Crippen molar-refractivity contribution < 1.29 is 9.84 Å². The molecule has 19 heavy (non-hydrogen) atoms. The molecule has 0 amide bonds. The van der Waals surface area contributed by atoms with Crippen molar-refractivity contribution in [3.05, 3.63) is 41.4 Å². The second kappa shape index (κ2) is 4.95. The number of hydrogen-bond donors (Lipinski definition) is 1. The highest BCUT2D eigenvalue weighted by molar-refractivity contribution is 7.13. The molecule has 0 saturated heterocycles. The average molecular weight is 272 g/mol. The van der Waals surface area contributed by atoms with Crippen molar-refractivity contribution in [2.24, 2.45) is 0 Å². The number of benzene rings is 1. The Labute approximate surface area is 114 Å². The monoisotopic (exact) mass is 272 g/mol. The number of thiazole rings is 1. The van der Waals surface area contributed by atoms with Gasteiger partial charge in [-0.15, -0.1) is 11.3 Å². The highest BCUT2D eigenvalue weighted by Gasteiger charge is 2.13. The Morgan fingerprint density at radius 1 is 1.26 bits per heavy atom. The molecule has 0 bridgehead atoms. The third-order valence-electron chi connectivity index (χ3n) is 2.83. The summed E-state index contributed by atoms with van der Waals surface area (Å²) in [7, 11) is 1.60. The maximum Gasteiger partial charge on any atom is 0.224 e. The predicted octanol–water partition coefficient (Wildman–Crippen LogP) is 2.86. The lowest BCUT2D eigenvalue weighted by atomic mass is 10.1. The van der Waals surface area contributed by atoms with Crippen LogP contribution in [0.3, 0.4) is 0 Å². The Bertz CT molecular complexity index is 724. The molecule has 96 valence electrons. The van der Waals surface area contributed by atoms with Gasteiger partial charge in [0.25, 0.3) is 0 Å². The van der Waals surface area contributed by atoms with E-state index < -0.39 is 0 Å². The van der Waals surface area contributed by atoms with Crippen LogP contribution in [0.4, 0.5) is 0 Å². The summed E-state index contributed by atoms with van der Waals surface area (Å²) in [4.78, 5) is 8.85. The molecule has 5 heteroatoms. The van der Waals surface area contributed by atoms with E-state index in [0.29, 0.717) is 11.6 Å². The second-order valence-corrected chi connectivity index (χ2v) is 4.90. The number of fused-ring (bicyclic) bond motifs is 1. The number of aliphatic hydroxyl groups is 1. The third kappa shape index (κ3) is 2.18. The summed E-state index contributed by atoms with van der Waals surface area (Å²) in [5, 5.41) is 12.8. The molecule has 0 fully saturated rings. The van der Waals surface area contributed by atoms with Crippen molar-refractivity contribution >= 4 is 22.2 Å². The fourth-order valence-corrected chi connectivity index (χ4v) is 2.73. The lowest BCUT2D eigenvalue weighted by Gasteiger charge is -2.07. The van der Waals surface area contributed by atoms with Crippen LogP contribution in [0.5, 0.6) is 5.88 Å². The maximum absolute atomic E-state index is 9.09. The largest absolute Gasteiger partial charge is 0.480 e. The number of nitrogens with zero attached hydrogens (tertiary/aromatic N) is 2. The number of pyridine rings is 1. The first-order valence-electron chi connectivity index (χ1n) is 5.81. The van der Waals surface area contributed by atoms with Crippen LogP contribution in [0.25, 0.3) is 21.5 Å². The molecule has 1 N–H and O–H groups in total. The van der Waals surface area contributed by atoms with Gasteiger partial charge in [-0.3, -0.25) is 0 Å². The summed E-state index contributed by atoms with van der Waals surface area (Å²) in [5.74, 6) is 0.553. The SMILES string of the molecule is COc1nc2ccccc2cc1-c1nc(CO)cs1. The van der Waals surface area contributed by atoms with Gasteiger partial charge in [-0.2, -0.15) is 0 Å². The van der Waals surface area contributed by atoms with Crippen LogP contribution < -0.4 is 4.74 Å². The van der Waals surface area contributed by atoms with E-state index in [9.17, 15) is 0 Å². The van der Waals surface area contributed by atoms with Crippen LogP contribution in [0.1, 0.15) is 5.69 Å². The zero-order valence-electron chi connectivity index (χ0n) is 10.3. The molecule has 2 heterocycles. The van der Waals surface area contributed by atoms with E-state index in [1.807, 2.05) is 35.7 Å². The summed E-state index contributed by atoms with van der Waals surface area (Å²) in [5.41, 5.74) is 2.41. The van der Waals surface area contributed by atoms with Crippen LogP contribution in [0, 0.1) is 0 Å². The Hall–Kier alpha value is -1.98. The summed E-state index contributed by atoms with van der Waals surface area (Å²) in [6, 6.07) is 9.89. The smallest absolute Gasteiger partial charge is 0.224 e. The normalized spacial score (nSPS) is 10.8. The Kier molecular flexibility index (Phi) is 3.15. The first-order valence-corrected chi connectivity index (χ1v) is 6.69. The molecule has 0 aliphatic carbocycles. The average Bonchev–Trinajstić information content (AvgIpc) is 2.94. The van der Waals surface area contributed by atoms with Crippen molar-refractivity contribution in [3.8, 4) is 16.5 Å². The molecular formula is C14H12N2O2S. The first-order chi connectivity index (χ1) is 9.31. The van der Waals surface area contributed by atoms with E-state index >= 15 is 0 Å². The number of aliphatic hydroxyl groups excluding tert-OH is 1. The minimum Gasteiger partial charge on any atom is -0.480 e. The van der Waals surface area contributed by atoms with Crippen molar-refractivity contribution in [2.75, 3.05) is 7.11 Å². The van der Waals surface area contributed by atoms with E-state index in [-0.39, 0.29) is 6.61 Å². The highest BCUT2D eigenvalue weighted by Crippen LogP contribution is 2.33. The molecule has 0 spiro atoms. The lowest BCUT2D eigenvalue weighted by molar-refractivity contribution is 0.278. The number of ether oxygens (including phenoxy) is 1. The standard InChI is InChI=1S/C14H12N2O2S/c1-18-13-11(14-15-10(7-17)8-19-14)6-9-4-2-3-5-12(9)16-13/h2-6,8,17H,7H2,1H3. The Morgan fingerprint density at radius 3 is 2.84 bits per heavy atom. The highest BCUT2D eigenvalue weighted by atomic mass is 32.1. The van der Waals surface area contributed by atoms with Gasteiger partial charge in [0.05, 0.1) is 30.5 Å². The summed E-state index contributed by atoms with van der Waals surface area (Å²) >= 11 is 1.47. The van der Waals surface area contributed by atoms with E-state index in [1.165, 1.54) is 11.3 Å². The molecule has 0 unspecified atom stereocenters. The molecule has 2 aromatic heterocycles. The second-order valence-electron chi connectivity index (χ2n) is 4.04. The minimum absolute atomic E-state index is 0.0557. The van der Waals surface area contributed by atoms with Crippen molar-refractivity contribution in [2.45, 2.75) is 6.61 Å². The topological polar surface area (TPSA) is 55.2 Å². The molecule has 4 nitrogen and oxygen atoms in total. The molecule has 3 rings (SSSR count). The maximum atomic E-state index is 9.09. The van der Waals surface area contributed by atoms with Crippen LogP contribution in [-0.2, 0) is 6.61 Å². The van der Waals surface area contributed by atoms with E-state index in [1.54, 1.807) is 7.11 Å². The first kappa shape index (κ1) is 12.1. The third-order valence-corrected chi connectivity index (χ3v) is 3.75. The van der Waals surface area contributed by atoms with E-state index in [0.717, 1.165) is 21.5 Å². The van der Waals surface area contributed by atoms with Gasteiger partial charge in [0.15, 0.2) is 0 Å². The number of hydrogen-bond acceptors (Lipinski definition) is 5. The van der Waals surface area contributed by atoms with Gasteiger partial charge in [0, 0.05) is 10.8 Å². The van der Waals surface area contributed by atoms with Crippen molar-refractivity contribution in [1.82, 2.24) is 9.97 Å². The zero-order valence-corrected chi connectivity index (χ0v) is 11.1. The van der Waals surface area contributed by atoms with Gasteiger partial charge in [-0.05, 0) is 12.1 Å². The van der Waals surface area contributed by atoms with Crippen LogP contribution in [0.2, 0.25) is 0 Å². The molecular weight excluding hydrogens is 260 g/mol. The minimum atomic E-state index is -0.0557. The number of methoxy groups -OCH3 is 1. The van der Waals surface area contributed by atoms with E-state index in [2.05, 4.69) is 9.97 Å². The molecule has 1 aromatic carbocycles. The fraction of sp³-hybridized carbons (Fsp3) is 0.143. The summed E-state index contributed by atoms with van der Waals surface area (Å²) in [6.45, 7) is -0.0557. The van der Waals surface area contributed by atoms with Crippen LogP contribution in [-0.4, -0.2) is 22.2 Å². The quantitative estimate of drug-likeness (QED) is 0.796. The predicted molar refractivity (Wildman–Crippen MR) is 75.3 cm³/mol. The van der Waals surface area contributed by atoms with Gasteiger partial charge < -0.3 is 9.84 Å². The molecule has 3 aromatic rings. The van der Waals surface area contributed by atoms with Gasteiger partial charge in [-0.25, -0.2) is 9.97 Å². The van der Waals surface area contributed by atoms with Crippen molar-refractivity contribution in [3.63, 3.8) is 0 Å². The van der Waals surface area contributed by atoms with Crippen molar-refractivity contribution in [1.29, 1.82) is 0 Å². The zero-order chi connectivity index (χ0) is 13.2.